The number of benzene rings is 1. The van der Waals surface area contributed by atoms with Crippen molar-refractivity contribution < 1.29 is 13.5 Å². The number of hydrogen-bond donors (Lipinski definition) is 1. The summed E-state index contributed by atoms with van der Waals surface area (Å²) in [6.07, 6.45) is 6.65. The maximum atomic E-state index is 13.2. The second-order valence-electron chi connectivity index (χ2n) is 5.82. The molecule has 0 heterocycles. The number of hydrogen-bond acceptors (Lipinski definition) is 2. The zero-order valence-corrected chi connectivity index (χ0v) is 10.9. The fourth-order valence-electron chi connectivity index (χ4n) is 3.56. The van der Waals surface area contributed by atoms with Crippen LogP contribution in [0.4, 0.5) is 8.78 Å². The third-order valence-electron chi connectivity index (χ3n) is 4.80. The largest absolute Gasteiger partial charge is 0.490 e. The number of nitrogens with two attached hydrogens (primary N) is 1. The Hall–Kier alpha value is -1.16. The van der Waals surface area contributed by atoms with E-state index in [-0.39, 0.29) is 17.6 Å². The van der Waals surface area contributed by atoms with Gasteiger partial charge in [-0.3, -0.25) is 0 Å². The highest BCUT2D eigenvalue weighted by Crippen LogP contribution is 2.52. The Morgan fingerprint density at radius 2 is 1.84 bits per heavy atom. The van der Waals surface area contributed by atoms with Gasteiger partial charge in [-0.1, -0.05) is 19.3 Å². The third kappa shape index (κ3) is 2.12. The van der Waals surface area contributed by atoms with E-state index >= 15 is 0 Å². The van der Waals surface area contributed by atoms with Crippen molar-refractivity contribution in [3.63, 3.8) is 0 Å². The summed E-state index contributed by atoms with van der Waals surface area (Å²) >= 11 is 0. The first-order chi connectivity index (χ1) is 9.12. The highest BCUT2D eigenvalue weighted by Gasteiger charge is 2.54. The summed E-state index contributed by atoms with van der Waals surface area (Å²) in [6, 6.07) is 3.90. The Morgan fingerprint density at radius 3 is 2.47 bits per heavy atom. The minimum Gasteiger partial charge on any atom is -0.490 e. The molecule has 2 N–H and O–H groups in total. The van der Waals surface area contributed by atoms with Gasteiger partial charge in [-0.25, -0.2) is 8.78 Å². The Bertz CT molecular complexity index is 471. The van der Waals surface area contributed by atoms with E-state index in [4.69, 9.17) is 10.5 Å². The molecule has 0 radical (unpaired) electrons. The van der Waals surface area contributed by atoms with Crippen LogP contribution in [-0.4, -0.2) is 12.1 Å². The Balaban J connectivity index is 1.74. The Morgan fingerprint density at radius 1 is 1.11 bits per heavy atom. The Labute approximate surface area is 111 Å². The van der Waals surface area contributed by atoms with E-state index in [1.165, 1.54) is 25.3 Å². The van der Waals surface area contributed by atoms with Crippen LogP contribution in [-0.2, 0) is 0 Å². The van der Waals surface area contributed by atoms with Gasteiger partial charge in [0, 0.05) is 23.9 Å². The standard InChI is InChI=1S/C15H19F2NO/c16-11-5-4-10(8-12(11)17)19-14-9-13(18)15(14)6-2-1-3-7-15/h4-5,8,13-14H,1-3,6-7,9,18H2. The van der Waals surface area contributed by atoms with Gasteiger partial charge in [0.25, 0.3) is 0 Å². The van der Waals surface area contributed by atoms with Crippen LogP contribution in [0.15, 0.2) is 18.2 Å². The summed E-state index contributed by atoms with van der Waals surface area (Å²) in [4.78, 5) is 0. The molecule has 1 spiro atoms. The molecule has 2 unspecified atom stereocenters. The quantitative estimate of drug-likeness (QED) is 0.891. The summed E-state index contributed by atoms with van der Waals surface area (Å²) < 4.78 is 31.9. The first kappa shape index (κ1) is 12.9. The normalized spacial score (nSPS) is 29.0. The predicted molar refractivity (Wildman–Crippen MR) is 68.9 cm³/mol. The van der Waals surface area contributed by atoms with E-state index in [2.05, 4.69) is 0 Å². The smallest absolute Gasteiger partial charge is 0.162 e. The molecular weight excluding hydrogens is 248 g/mol. The van der Waals surface area contributed by atoms with Crippen molar-refractivity contribution in [1.82, 2.24) is 0 Å². The average molecular weight is 267 g/mol. The molecule has 2 saturated carbocycles. The van der Waals surface area contributed by atoms with Gasteiger partial charge in [0.2, 0.25) is 0 Å². The second kappa shape index (κ2) is 4.75. The van der Waals surface area contributed by atoms with Gasteiger partial charge < -0.3 is 10.5 Å². The first-order valence-electron chi connectivity index (χ1n) is 6.99. The van der Waals surface area contributed by atoms with Crippen LogP contribution in [0.25, 0.3) is 0 Å². The third-order valence-corrected chi connectivity index (χ3v) is 4.80. The van der Waals surface area contributed by atoms with Crippen molar-refractivity contribution >= 4 is 0 Å². The van der Waals surface area contributed by atoms with Crippen molar-refractivity contribution in [1.29, 1.82) is 0 Å². The molecule has 1 aromatic carbocycles. The molecular formula is C15H19F2NO. The fraction of sp³-hybridized carbons (Fsp3) is 0.600. The van der Waals surface area contributed by atoms with Gasteiger partial charge >= 0.3 is 0 Å². The molecule has 0 aliphatic heterocycles. The molecule has 2 fully saturated rings. The van der Waals surface area contributed by atoms with Gasteiger partial charge in [0.05, 0.1) is 0 Å². The van der Waals surface area contributed by atoms with E-state index in [9.17, 15) is 8.78 Å². The van der Waals surface area contributed by atoms with Crippen molar-refractivity contribution in [3.8, 4) is 5.75 Å². The van der Waals surface area contributed by atoms with E-state index in [0.29, 0.717) is 5.75 Å². The van der Waals surface area contributed by atoms with E-state index in [1.807, 2.05) is 0 Å². The van der Waals surface area contributed by atoms with Crippen LogP contribution in [0.3, 0.4) is 0 Å². The molecule has 2 aliphatic carbocycles. The molecule has 2 aliphatic rings. The van der Waals surface area contributed by atoms with Gasteiger partial charge in [-0.15, -0.1) is 0 Å². The SMILES string of the molecule is NC1CC(Oc2ccc(F)c(F)c2)C12CCCCC2. The van der Waals surface area contributed by atoms with E-state index in [1.54, 1.807) is 0 Å². The summed E-state index contributed by atoms with van der Waals surface area (Å²) in [5.74, 6) is -1.30. The lowest BCUT2D eigenvalue weighted by atomic mass is 9.55. The van der Waals surface area contributed by atoms with E-state index < -0.39 is 11.6 Å². The zero-order valence-electron chi connectivity index (χ0n) is 10.9. The van der Waals surface area contributed by atoms with Crippen molar-refractivity contribution in [3.05, 3.63) is 29.8 Å². The number of rotatable bonds is 2. The van der Waals surface area contributed by atoms with Crippen LogP contribution in [0.2, 0.25) is 0 Å². The lowest BCUT2D eigenvalue weighted by molar-refractivity contribution is -0.0899. The van der Waals surface area contributed by atoms with Crippen LogP contribution < -0.4 is 10.5 Å². The molecule has 0 aromatic heterocycles. The number of ether oxygens (including phenoxy) is 1. The molecule has 19 heavy (non-hydrogen) atoms. The van der Waals surface area contributed by atoms with Gasteiger partial charge in [-0.2, -0.15) is 0 Å². The predicted octanol–water partition coefficient (Wildman–Crippen LogP) is 3.39. The monoisotopic (exact) mass is 267 g/mol. The molecule has 0 bridgehead atoms. The molecule has 4 heteroatoms. The minimum absolute atomic E-state index is 0.0488. The van der Waals surface area contributed by atoms with Gasteiger partial charge in [0.1, 0.15) is 11.9 Å². The maximum Gasteiger partial charge on any atom is 0.162 e. The molecule has 104 valence electrons. The maximum absolute atomic E-state index is 13.2. The van der Waals surface area contributed by atoms with Crippen LogP contribution in [0.5, 0.6) is 5.75 Å². The lowest BCUT2D eigenvalue weighted by Crippen LogP contribution is -2.64. The minimum atomic E-state index is -0.862. The molecule has 0 saturated heterocycles. The molecule has 1 aromatic rings. The summed E-state index contributed by atoms with van der Waals surface area (Å²) in [7, 11) is 0. The second-order valence-corrected chi connectivity index (χ2v) is 5.82. The van der Waals surface area contributed by atoms with Crippen LogP contribution in [0, 0.1) is 17.0 Å². The van der Waals surface area contributed by atoms with Crippen LogP contribution >= 0.6 is 0 Å². The van der Waals surface area contributed by atoms with Crippen LogP contribution in [0.1, 0.15) is 38.5 Å². The molecule has 3 rings (SSSR count). The first-order valence-corrected chi connectivity index (χ1v) is 6.99. The highest BCUT2D eigenvalue weighted by molar-refractivity contribution is 5.25. The summed E-state index contributed by atoms with van der Waals surface area (Å²) in [5, 5.41) is 0. The zero-order chi connectivity index (χ0) is 13.5. The summed E-state index contributed by atoms with van der Waals surface area (Å²) in [6.45, 7) is 0. The van der Waals surface area contributed by atoms with Gasteiger partial charge in [-0.05, 0) is 25.0 Å². The van der Waals surface area contributed by atoms with Crippen molar-refractivity contribution in [2.24, 2.45) is 11.1 Å². The Kier molecular flexibility index (Phi) is 3.21. The van der Waals surface area contributed by atoms with Crippen molar-refractivity contribution in [2.75, 3.05) is 0 Å². The molecule has 0 amide bonds. The van der Waals surface area contributed by atoms with Gasteiger partial charge in [0.15, 0.2) is 11.6 Å². The van der Waals surface area contributed by atoms with Crippen molar-refractivity contribution in [2.45, 2.75) is 50.7 Å². The highest BCUT2D eigenvalue weighted by atomic mass is 19.2. The van der Waals surface area contributed by atoms with E-state index in [0.717, 1.165) is 31.4 Å². The summed E-state index contributed by atoms with van der Waals surface area (Å²) in [5.41, 5.74) is 6.23. The fourth-order valence-corrected chi connectivity index (χ4v) is 3.56. The average Bonchev–Trinajstić information content (AvgIpc) is 2.43. The lowest BCUT2D eigenvalue weighted by Gasteiger charge is -2.56. The molecule has 2 atom stereocenters. The topological polar surface area (TPSA) is 35.2 Å². The molecule has 2 nitrogen and oxygen atoms in total. The number of halogens is 2.